The first kappa shape index (κ1) is 10.2. The highest BCUT2D eigenvalue weighted by Gasteiger charge is 2.16. The number of halogens is 1. The van der Waals surface area contributed by atoms with Crippen LogP contribution in [0.15, 0.2) is 0 Å². The zero-order valence-corrected chi connectivity index (χ0v) is 6.86. The molecule has 0 aliphatic carbocycles. The SMILES string of the molecule is C[C@H]1CNC[C@@H](CO)O1.Cl. The fourth-order valence-electron chi connectivity index (χ4n) is 0.980. The summed E-state index contributed by atoms with van der Waals surface area (Å²) in [5.41, 5.74) is 0. The molecule has 62 valence electrons. The van der Waals surface area contributed by atoms with Crippen LogP contribution in [-0.4, -0.2) is 37.0 Å². The van der Waals surface area contributed by atoms with Crippen LogP contribution in [0.25, 0.3) is 0 Å². The van der Waals surface area contributed by atoms with Crippen molar-refractivity contribution in [3.8, 4) is 0 Å². The molecule has 3 nitrogen and oxygen atoms in total. The minimum atomic E-state index is 0. The molecule has 2 atom stereocenters. The Hall–Kier alpha value is 0.170. The van der Waals surface area contributed by atoms with Crippen LogP contribution in [0.5, 0.6) is 0 Å². The van der Waals surface area contributed by atoms with Gasteiger partial charge in [-0.25, -0.2) is 0 Å². The highest BCUT2D eigenvalue weighted by Crippen LogP contribution is 2.00. The van der Waals surface area contributed by atoms with Gasteiger partial charge in [0.2, 0.25) is 0 Å². The molecule has 2 N–H and O–H groups in total. The lowest BCUT2D eigenvalue weighted by Gasteiger charge is -2.27. The van der Waals surface area contributed by atoms with E-state index in [1.165, 1.54) is 0 Å². The largest absolute Gasteiger partial charge is 0.394 e. The molecule has 0 aromatic rings. The van der Waals surface area contributed by atoms with Crippen molar-refractivity contribution in [3.05, 3.63) is 0 Å². The van der Waals surface area contributed by atoms with E-state index in [2.05, 4.69) is 5.32 Å². The third-order valence-corrected chi connectivity index (χ3v) is 1.43. The lowest BCUT2D eigenvalue weighted by atomic mass is 10.3. The molecule has 0 bridgehead atoms. The van der Waals surface area contributed by atoms with Crippen molar-refractivity contribution in [3.63, 3.8) is 0 Å². The standard InChI is InChI=1S/C6H13NO2.ClH/c1-5-2-7-3-6(4-8)9-5;/h5-8H,2-4H2,1H3;1H/t5-,6-;/m0./s1. The second-order valence-corrected chi connectivity index (χ2v) is 2.41. The van der Waals surface area contributed by atoms with Gasteiger partial charge in [-0.2, -0.15) is 0 Å². The molecule has 0 spiro atoms. The summed E-state index contributed by atoms with van der Waals surface area (Å²) in [5.74, 6) is 0. The van der Waals surface area contributed by atoms with Crippen molar-refractivity contribution < 1.29 is 9.84 Å². The molecule has 1 fully saturated rings. The Morgan fingerprint density at radius 1 is 1.60 bits per heavy atom. The highest BCUT2D eigenvalue weighted by atomic mass is 35.5. The fraction of sp³-hybridized carbons (Fsp3) is 1.00. The van der Waals surface area contributed by atoms with Crippen LogP contribution >= 0.6 is 12.4 Å². The van der Waals surface area contributed by atoms with E-state index in [0.29, 0.717) is 0 Å². The molecular formula is C6H14ClNO2. The van der Waals surface area contributed by atoms with Crippen LogP contribution in [0.2, 0.25) is 0 Å². The van der Waals surface area contributed by atoms with Crippen molar-refractivity contribution in [2.24, 2.45) is 0 Å². The van der Waals surface area contributed by atoms with Crippen LogP contribution in [-0.2, 0) is 4.74 Å². The summed E-state index contributed by atoms with van der Waals surface area (Å²) in [6.07, 6.45) is 0.254. The first-order chi connectivity index (χ1) is 4.33. The maximum Gasteiger partial charge on any atom is 0.0933 e. The van der Waals surface area contributed by atoms with Crippen LogP contribution < -0.4 is 5.32 Å². The maximum atomic E-state index is 8.64. The van der Waals surface area contributed by atoms with Crippen LogP contribution in [0, 0.1) is 0 Å². The summed E-state index contributed by atoms with van der Waals surface area (Å²) in [7, 11) is 0. The van der Waals surface area contributed by atoms with Crippen LogP contribution in [0.1, 0.15) is 6.92 Å². The summed E-state index contributed by atoms with van der Waals surface area (Å²) in [4.78, 5) is 0. The minimum absolute atomic E-state index is 0. The summed E-state index contributed by atoms with van der Waals surface area (Å²) < 4.78 is 5.32. The maximum absolute atomic E-state index is 8.64. The average Bonchev–Trinajstić information content (AvgIpc) is 1.88. The van der Waals surface area contributed by atoms with E-state index in [0.717, 1.165) is 13.1 Å². The Labute approximate surface area is 67.2 Å². The summed E-state index contributed by atoms with van der Waals surface area (Å²) in [5, 5.41) is 11.8. The van der Waals surface area contributed by atoms with Crippen LogP contribution in [0.4, 0.5) is 0 Å². The second-order valence-electron chi connectivity index (χ2n) is 2.41. The van der Waals surface area contributed by atoms with Gasteiger partial charge in [0.05, 0.1) is 18.8 Å². The predicted molar refractivity (Wildman–Crippen MR) is 41.5 cm³/mol. The fourth-order valence-corrected chi connectivity index (χ4v) is 0.980. The number of hydrogen-bond donors (Lipinski definition) is 2. The topological polar surface area (TPSA) is 41.5 Å². The van der Waals surface area contributed by atoms with E-state index in [1.807, 2.05) is 6.92 Å². The van der Waals surface area contributed by atoms with Crippen molar-refractivity contribution in [1.29, 1.82) is 0 Å². The number of nitrogens with one attached hydrogen (secondary N) is 1. The molecule has 0 aromatic carbocycles. The molecule has 0 saturated carbocycles. The van der Waals surface area contributed by atoms with Gasteiger partial charge in [0.15, 0.2) is 0 Å². The van der Waals surface area contributed by atoms with Gasteiger partial charge in [-0.15, -0.1) is 12.4 Å². The third-order valence-electron chi connectivity index (χ3n) is 1.43. The molecule has 1 heterocycles. The summed E-state index contributed by atoms with van der Waals surface area (Å²) >= 11 is 0. The highest BCUT2D eigenvalue weighted by molar-refractivity contribution is 5.85. The molecule has 10 heavy (non-hydrogen) atoms. The molecule has 1 saturated heterocycles. The van der Waals surface area contributed by atoms with Crippen molar-refractivity contribution in [2.45, 2.75) is 19.1 Å². The van der Waals surface area contributed by atoms with E-state index >= 15 is 0 Å². The van der Waals surface area contributed by atoms with Gasteiger partial charge < -0.3 is 15.2 Å². The van der Waals surface area contributed by atoms with E-state index in [9.17, 15) is 0 Å². The molecule has 1 rings (SSSR count). The van der Waals surface area contributed by atoms with Crippen molar-refractivity contribution in [2.75, 3.05) is 19.7 Å². The molecule has 0 radical (unpaired) electrons. The first-order valence-electron chi connectivity index (χ1n) is 3.30. The number of aliphatic hydroxyl groups is 1. The van der Waals surface area contributed by atoms with Gasteiger partial charge in [0.25, 0.3) is 0 Å². The molecule has 0 aromatic heterocycles. The number of ether oxygens (including phenoxy) is 1. The van der Waals surface area contributed by atoms with E-state index in [1.54, 1.807) is 0 Å². The van der Waals surface area contributed by atoms with Gasteiger partial charge in [0.1, 0.15) is 0 Å². The van der Waals surface area contributed by atoms with Crippen LogP contribution in [0.3, 0.4) is 0 Å². The van der Waals surface area contributed by atoms with Gasteiger partial charge >= 0.3 is 0 Å². The Balaban J connectivity index is 0.000000810. The Bertz CT molecular complexity index is 91.8. The van der Waals surface area contributed by atoms with Gasteiger partial charge in [-0.05, 0) is 6.92 Å². The van der Waals surface area contributed by atoms with Crippen molar-refractivity contribution in [1.82, 2.24) is 5.32 Å². The quantitative estimate of drug-likeness (QED) is 0.568. The molecule has 1 aliphatic heterocycles. The average molecular weight is 168 g/mol. The number of hydrogen-bond acceptors (Lipinski definition) is 3. The Morgan fingerprint density at radius 3 is 2.70 bits per heavy atom. The minimum Gasteiger partial charge on any atom is -0.394 e. The monoisotopic (exact) mass is 167 g/mol. The third kappa shape index (κ3) is 2.84. The van der Waals surface area contributed by atoms with Gasteiger partial charge in [0, 0.05) is 13.1 Å². The summed E-state index contributed by atoms with van der Waals surface area (Å²) in [6.45, 7) is 3.80. The lowest BCUT2D eigenvalue weighted by molar-refractivity contribution is -0.0518. The first-order valence-corrected chi connectivity index (χ1v) is 3.30. The Kier molecular flexibility index (Phi) is 4.99. The zero-order chi connectivity index (χ0) is 6.69. The molecule has 1 aliphatic rings. The van der Waals surface area contributed by atoms with E-state index < -0.39 is 0 Å². The van der Waals surface area contributed by atoms with E-state index in [-0.39, 0.29) is 31.2 Å². The molecule has 0 amide bonds. The normalized spacial score (nSPS) is 33.0. The Morgan fingerprint density at radius 2 is 2.30 bits per heavy atom. The van der Waals surface area contributed by atoms with Gasteiger partial charge in [-0.3, -0.25) is 0 Å². The van der Waals surface area contributed by atoms with Crippen molar-refractivity contribution >= 4 is 12.4 Å². The smallest absolute Gasteiger partial charge is 0.0933 e. The second kappa shape index (κ2) is 4.91. The molecule has 0 unspecified atom stereocenters. The van der Waals surface area contributed by atoms with Gasteiger partial charge in [-0.1, -0.05) is 0 Å². The number of rotatable bonds is 1. The molecular weight excluding hydrogens is 154 g/mol. The number of morpholine rings is 1. The lowest BCUT2D eigenvalue weighted by Crippen LogP contribution is -2.44. The zero-order valence-electron chi connectivity index (χ0n) is 6.04. The number of aliphatic hydroxyl groups excluding tert-OH is 1. The molecule has 4 heteroatoms. The van der Waals surface area contributed by atoms with E-state index in [4.69, 9.17) is 9.84 Å². The predicted octanol–water partition coefficient (Wildman–Crippen LogP) is -0.223. The summed E-state index contributed by atoms with van der Waals surface area (Å²) in [6, 6.07) is 0.